The van der Waals surface area contributed by atoms with Crippen molar-refractivity contribution in [3.05, 3.63) is 0 Å². The van der Waals surface area contributed by atoms with E-state index < -0.39 is 0 Å². The van der Waals surface area contributed by atoms with Crippen LogP contribution in [-0.4, -0.2) is 61.5 Å². The van der Waals surface area contributed by atoms with E-state index in [-0.39, 0.29) is 0 Å². The summed E-state index contributed by atoms with van der Waals surface area (Å²) in [6.45, 7) is 9.25. The highest BCUT2D eigenvalue weighted by molar-refractivity contribution is 5.78. The van der Waals surface area contributed by atoms with Gasteiger partial charge in [0.2, 0.25) is 5.91 Å². The molecule has 0 aliphatic carbocycles. The second kappa shape index (κ2) is 8.63. The fourth-order valence-corrected chi connectivity index (χ4v) is 3.42. The van der Waals surface area contributed by atoms with E-state index in [1.54, 1.807) is 0 Å². The fourth-order valence-electron chi connectivity index (χ4n) is 3.42. The predicted molar refractivity (Wildman–Crippen MR) is 82.8 cm³/mol. The second-order valence-electron chi connectivity index (χ2n) is 6.37. The van der Waals surface area contributed by atoms with E-state index in [4.69, 9.17) is 0 Å². The van der Waals surface area contributed by atoms with Crippen molar-refractivity contribution in [3.63, 3.8) is 0 Å². The van der Waals surface area contributed by atoms with Gasteiger partial charge in [0.05, 0.1) is 6.54 Å². The third kappa shape index (κ3) is 5.06. The van der Waals surface area contributed by atoms with Crippen molar-refractivity contribution in [1.82, 2.24) is 15.1 Å². The average Bonchev–Trinajstić information content (AvgIpc) is 2.49. The number of piperidine rings is 2. The monoisotopic (exact) mass is 281 g/mol. The van der Waals surface area contributed by atoms with Crippen LogP contribution in [0.2, 0.25) is 0 Å². The normalized spacial score (nSPS) is 21.4. The van der Waals surface area contributed by atoms with E-state index in [1.807, 2.05) is 0 Å². The lowest BCUT2D eigenvalue weighted by atomic mass is 9.97. The number of likely N-dealkylation sites (tertiary alicyclic amines) is 1. The molecule has 0 aromatic heterocycles. The van der Waals surface area contributed by atoms with Crippen LogP contribution in [0.25, 0.3) is 0 Å². The van der Waals surface area contributed by atoms with Crippen molar-refractivity contribution < 1.29 is 4.79 Å². The number of rotatable bonds is 6. The summed E-state index contributed by atoms with van der Waals surface area (Å²) in [5, 5.41) is 3.42. The zero-order valence-corrected chi connectivity index (χ0v) is 13.1. The third-order valence-electron chi connectivity index (χ3n) is 4.58. The standard InChI is InChI=1S/C16H31N3O/c1-2-10-18(13-15-6-8-17-9-7-15)14-16(20)19-11-4-3-5-12-19/h15,17H,2-14H2,1H3. The van der Waals surface area contributed by atoms with Gasteiger partial charge in [0.1, 0.15) is 0 Å². The molecule has 0 unspecified atom stereocenters. The summed E-state index contributed by atoms with van der Waals surface area (Å²) in [6, 6.07) is 0. The van der Waals surface area contributed by atoms with E-state index in [1.165, 1.54) is 32.1 Å². The predicted octanol–water partition coefficient (Wildman–Crippen LogP) is 1.71. The number of nitrogens with zero attached hydrogens (tertiary/aromatic N) is 2. The van der Waals surface area contributed by atoms with E-state index in [0.29, 0.717) is 12.5 Å². The van der Waals surface area contributed by atoms with Crippen LogP contribution in [0.1, 0.15) is 45.4 Å². The Hall–Kier alpha value is -0.610. The van der Waals surface area contributed by atoms with Gasteiger partial charge in [-0.1, -0.05) is 6.92 Å². The van der Waals surface area contributed by atoms with Crippen molar-refractivity contribution in [2.75, 3.05) is 45.8 Å². The van der Waals surface area contributed by atoms with Crippen LogP contribution < -0.4 is 5.32 Å². The highest BCUT2D eigenvalue weighted by Gasteiger charge is 2.22. The molecule has 2 heterocycles. The molecule has 0 radical (unpaired) electrons. The Morgan fingerprint density at radius 2 is 1.90 bits per heavy atom. The van der Waals surface area contributed by atoms with Gasteiger partial charge in [-0.05, 0) is 64.1 Å². The fraction of sp³-hybridized carbons (Fsp3) is 0.938. The van der Waals surface area contributed by atoms with Crippen molar-refractivity contribution in [3.8, 4) is 0 Å². The lowest BCUT2D eigenvalue weighted by Crippen LogP contribution is -2.45. The van der Waals surface area contributed by atoms with Gasteiger partial charge in [-0.25, -0.2) is 0 Å². The summed E-state index contributed by atoms with van der Waals surface area (Å²) in [6.07, 6.45) is 7.33. The number of carbonyl (C=O) groups excluding carboxylic acids is 1. The third-order valence-corrected chi connectivity index (χ3v) is 4.58. The van der Waals surface area contributed by atoms with Crippen LogP contribution >= 0.6 is 0 Å². The quantitative estimate of drug-likeness (QED) is 0.805. The van der Waals surface area contributed by atoms with Gasteiger partial charge in [-0.15, -0.1) is 0 Å². The molecule has 0 atom stereocenters. The first-order valence-corrected chi connectivity index (χ1v) is 8.50. The Balaban J connectivity index is 1.79. The molecule has 116 valence electrons. The highest BCUT2D eigenvalue weighted by atomic mass is 16.2. The molecule has 4 nitrogen and oxygen atoms in total. The Morgan fingerprint density at radius 3 is 2.55 bits per heavy atom. The first-order valence-electron chi connectivity index (χ1n) is 8.50. The number of hydrogen-bond donors (Lipinski definition) is 1. The Labute approximate surface area is 123 Å². The van der Waals surface area contributed by atoms with E-state index >= 15 is 0 Å². The molecular formula is C16H31N3O. The van der Waals surface area contributed by atoms with Crippen LogP contribution in [0.15, 0.2) is 0 Å². The Morgan fingerprint density at radius 1 is 1.20 bits per heavy atom. The van der Waals surface area contributed by atoms with Gasteiger partial charge in [0.15, 0.2) is 0 Å². The van der Waals surface area contributed by atoms with Crippen molar-refractivity contribution >= 4 is 5.91 Å². The van der Waals surface area contributed by atoms with E-state index in [9.17, 15) is 4.79 Å². The minimum Gasteiger partial charge on any atom is -0.342 e. The molecule has 0 aromatic carbocycles. The van der Waals surface area contributed by atoms with Crippen molar-refractivity contribution in [1.29, 1.82) is 0 Å². The molecule has 2 aliphatic rings. The zero-order valence-electron chi connectivity index (χ0n) is 13.1. The molecule has 1 amide bonds. The van der Waals surface area contributed by atoms with Gasteiger partial charge in [-0.2, -0.15) is 0 Å². The largest absolute Gasteiger partial charge is 0.342 e. The molecule has 0 saturated carbocycles. The van der Waals surface area contributed by atoms with Crippen molar-refractivity contribution in [2.24, 2.45) is 5.92 Å². The Kier molecular flexibility index (Phi) is 6.80. The summed E-state index contributed by atoms with van der Waals surface area (Å²) in [4.78, 5) is 16.9. The second-order valence-corrected chi connectivity index (χ2v) is 6.37. The summed E-state index contributed by atoms with van der Waals surface area (Å²) in [5.74, 6) is 1.13. The summed E-state index contributed by atoms with van der Waals surface area (Å²) in [5.41, 5.74) is 0. The van der Waals surface area contributed by atoms with Gasteiger partial charge in [-0.3, -0.25) is 9.69 Å². The Bertz CT molecular complexity index is 283. The molecule has 2 aliphatic heterocycles. The molecule has 0 bridgehead atoms. The first-order chi connectivity index (χ1) is 9.79. The van der Waals surface area contributed by atoms with Gasteiger partial charge in [0.25, 0.3) is 0 Å². The molecule has 2 saturated heterocycles. The van der Waals surface area contributed by atoms with Crippen molar-refractivity contribution in [2.45, 2.75) is 45.4 Å². The van der Waals surface area contributed by atoms with Gasteiger partial charge < -0.3 is 10.2 Å². The van der Waals surface area contributed by atoms with Crippen LogP contribution in [0, 0.1) is 5.92 Å². The molecule has 20 heavy (non-hydrogen) atoms. The lowest BCUT2D eigenvalue weighted by Gasteiger charge is -2.32. The molecule has 2 fully saturated rings. The smallest absolute Gasteiger partial charge is 0.236 e. The van der Waals surface area contributed by atoms with E-state index in [0.717, 1.165) is 51.6 Å². The minimum absolute atomic E-state index is 0.354. The summed E-state index contributed by atoms with van der Waals surface area (Å²) >= 11 is 0. The maximum absolute atomic E-state index is 12.4. The van der Waals surface area contributed by atoms with Crippen LogP contribution in [0.3, 0.4) is 0 Å². The van der Waals surface area contributed by atoms with Crippen LogP contribution in [0.4, 0.5) is 0 Å². The van der Waals surface area contributed by atoms with Gasteiger partial charge in [0, 0.05) is 19.6 Å². The first kappa shape index (κ1) is 15.8. The average molecular weight is 281 g/mol. The van der Waals surface area contributed by atoms with Crippen LogP contribution in [0.5, 0.6) is 0 Å². The molecule has 0 aromatic rings. The SMILES string of the molecule is CCCN(CC(=O)N1CCCCC1)CC1CCNCC1. The van der Waals surface area contributed by atoms with Crippen LogP contribution in [-0.2, 0) is 4.79 Å². The van der Waals surface area contributed by atoms with E-state index in [2.05, 4.69) is 22.0 Å². The highest BCUT2D eigenvalue weighted by Crippen LogP contribution is 2.15. The lowest BCUT2D eigenvalue weighted by molar-refractivity contribution is -0.133. The molecular weight excluding hydrogens is 250 g/mol. The number of amides is 1. The number of hydrogen-bond acceptors (Lipinski definition) is 3. The maximum Gasteiger partial charge on any atom is 0.236 e. The number of nitrogens with one attached hydrogen (secondary N) is 1. The van der Waals surface area contributed by atoms with Gasteiger partial charge >= 0.3 is 0 Å². The molecule has 2 rings (SSSR count). The molecule has 4 heteroatoms. The summed E-state index contributed by atoms with van der Waals surface area (Å²) < 4.78 is 0. The molecule has 0 spiro atoms. The zero-order chi connectivity index (χ0) is 14.2. The number of carbonyl (C=O) groups is 1. The topological polar surface area (TPSA) is 35.6 Å². The minimum atomic E-state index is 0.354. The molecule has 1 N–H and O–H groups in total. The summed E-state index contributed by atoms with van der Waals surface area (Å²) in [7, 11) is 0. The maximum atomic E-state index is 12.4.